The van der Waals surface area contributed by atoms with E-state index in [2.05, 4.69) is 0 Å². The number of ether oxygens (including phenoxy) is 2. The Morgan fingerprint density at radius 3 is 2.90 bits per heavy atom. The fourth-order valence-corrected chi connectivity index (χ4v) is 3.25. The summed E-state index contributed by atoms with van der Waals surface area (Å²) in [5.41, 5.74) is 6.97. The zero-order chi connectivity index (χ0) is 15.0. The number of non-ortho nitro benzene ring substituents is 1. The largest absolute Gasteiger partial charge is 0.496 e. The normalized spacial score (nSPS) is 28.6. The Hall–Kier alpha value is -1.66. The van der Waals surface area contributed by atoms with Gasteiger partial charge in [-0.05, 0) is 37.7 Å². The van der Waals surface area contributed by atoms with Crippen LogP contribution < -0.4 is 10.5 Å². The molecule has 2 N–H and O–H groups in total. The molecule has 1 aromatic rings. The molecule has 0 aromatic heterocycles. The van der Waals surface area contributed by atoms with Crippen molar-refractivity contribution in [3.05, 3.63) is 33.9 Å². The second-order valence-corrected chi connectivity index (χ2v) is 6.04. The summed E-state index contributed by atoms with van der Waals surface area (Å²) in [6, 6.07) is 4.66. The van der Waals surface area contributed by atoms with Crippen LogP contribution in [0.25, 0.3) is 0 Å². The molecule has 1 heterocycles. The van der Waals surface area contributed by atoms with Gasteiger partial charge < -0.3 is 15.2 Å². The number of rotatable bonds is 5. The zero-order valence-corrected chi connectivity index (χ0v) is 12.1. The molecule has 2 unspecified atom stereocenters. The molecule has 0 amide bonds. The average molecular weight is 292 g/mol. The van der Waals surface area contributed by atoms with Gasteiger partial charge in [0.25, 0.3) is 5.69 Å². The monoisotopic (exact) mass is 292 g/mol. The van der Waals surface area contributed by atoms with E-state index in [1.54, 1.807) is 19.2 Å². The predicted molar refractivity (Wildman–Crippen MR) is 77.4 cm³/mol. The van der Waals surface area contributed by atoms with Crippen LogP contribution in [0.5, 0.6) is 5.75 Å². The number of methoxy groups -OCH3 is 1. The lowest BCUT2D eigenvalue weighted by atomic mass is 9.83. The minimum Gasteiger partial charge on any atom is -0.496 e. The molecule has 1 saturated heterocycles. The van der Waals surface area contributed by atoms with Gasteiger partial charge in [-0.2, -0.15) is 0 Å². The number of nitro benzene ring substituents is 1. The molecule has 3 rings (SSSR count). The molecule has 2 atom stereocenters. The number of hydrogen-bond donors (Lipinski definition) is 1. The van der Waals surface area contributed by atoms with Crippen molar-refractivity contribution in [3.63, 3.8) is 0 Å². The summed E-state index contributed by atoms with van der Waals surface area (Å²) in [5, 5.41) is 11.0. The smallest absolute Gasteiger partial charge is 0.269 e. The van der Waals surface area contributed by atoms with Crippen molar-refractivity contribution < 1.29 is 14.4 Å². The van der Waals surface area contributed by atoms with Crippen molar-refractivity contribution in [1.29, 1.82) is 0 Å². The highest BCUT2D eigenvalue weighted by Gasteiger charge is 2.49. The number of hydrogen-bond acceptors (Lipinski definition) is 5. The minimum absolute atomic E-state index is 0.0569. The molecular formula is C15H20N2O4. The van der Waals surface area contributed by atoms with Gasteiger partial charge in [-0.15, -0.1) is 0 Å². The summed E-state index contributed by atoms with van der Waals surface area (Å²) in [6.07, 6.45) is 3.70. The van der Waals surface area contributed by atoms with E-state index >= 15 is 0 Å². The van der Waals surface area contributed by atoms with E-state index in [4.69, 9.17) is 15.2 Å². The fourth-order valence-electron chi connectivity index (χ4n) is 3.25. The molecule has 0 spiro atoms. The maximum Gasteiger partial charge on any atom is 0.269 e. The van der Waals surface area contributed by atoms with Crippen molar-refractivity contribution in [1.82, 2.24) is 0 Å². The third-order valence-electron chi connectivity index (χ3n) is 4.48. The molecule has 1 saturated carbocycles. The van der Waals surface area contributed by atoms with Gasteiger partial charge in [0.15, 0.2) is 0 Å². The summed E-state index contributed by atoms with van der Waals surface area (Å²) in [5.74, 6) is 1.19. The van der Waals surface area contributed by atoms with Crippen molar-refractivity contribution in [2.45, 2.75) is 37.3 Å². The quantitative estimate of drug-likeness (QED) is 0.663. The molecule has 1 aromatic carbocycles. The Labute approximate surface area is 123 Å². The number of nitrogens with zero attached hydrogens (tertiary/aromatic N) is 1. The van der Waals surface area contributed by atoms with Gasteiger partial charge in [0, 0.05) is 29.8 Å². The van der Waals surface area contributed by atoms with Crippen molar-refractivity contribution >= 4 is 5.69 Å². The molecule has 21 heavy (non-hydrogen) atoms. The lowest BCUT2D eigenvalue weighted by Crippen LogP contribution is -2.50. The Morgan fingerprint density at radius 2 is 2.29 bits per heavy atom. The first-order valence-corrected chi connectivity index (χ1v) is 7.25. The number of benzene rings is 1. The van der Waals surface area contributed by atoms with E-state index in [0.717, 1.165) is 24.8 Å². The molecular weight excluding hydrogens is 272 g/mol. The fraction of sp³-hybridized carbons (Fsp3) is 0.600. The summed E-state index contributed by atoms with van der Waals surface area (Å²) in [4.78, 5) is 10.6. The van der Waals surface area contributed by atoms with Crippen LogP contribution in [0.3, 0.4) is 0 Å². The van der Waals surface area contributed by atoms with Crippen molar-refractivity contribution in [2.75, 3.05) is 13.7 Å². The van der Waals surface area contributed by atoms with Gasteiger partial charge in [-0.3, -0.25) is 10.1 Å². The first kappa shape index (κ1) is 14.3. The molecule has 1 aliphatic carbocycles. The summed E-state index contributed by atoms with van der Waals surface area (Å²) in [6.45, 7) is 0.662. The molecule has 0 bridgehead atoms. The Bertz CT molecular complexity index is 559. The van der Waals surface area contributed by atoms with Crippen molar-refractivity contribution in [2.24, 2.45) is 11.7 Å². The first-order valence-electron chi connectivity index (χ1n) is 7.25. The Kier molecular flexibility index (Phi) is 3.59. The maximum absolute atomic E-state index is 11.0. The van der Waals surface area contributed by atoms with E-state index in [1.165, 1.54) is 6.07 Å². The SMILES string of the molecule is COc1ccc([N+](=O)[O-])cc1CC1(N)CCOC1C1CC1. The minimum atomic E-state index is -0.455. The van der Waals surface area contributed by atoms with Crippen LogP contribution in [0.1, 0.15) is 24.8 Å². The molecule has 1 aliphatic heterocycles. The summed E-state index contributed by atoms with van der Waals surface area (Å²) < 4.78 is 11.1. The highest BCUT2D eigenvalue weighted by atomic mass is 16.6. The zero-order valence-electron chi connectivity index (χ0n) is 12.1. The topological polar surface area (TPSA) is 87.6 Å². The van der Waals surface area contributed by atoms with Gasteiger partial charge in [0.05, 0.1) is 18.1 Å². The van der Waals surface area contributed by atoms with Crippen LogP contribution in [-0.4, -0.2) is 30.3 Å². The maximum atomic E-state index is 11.0. The van der Waals surface area contributed by atoms with Crippen LogP contribution in [0.2, 0.25) is 0 Å². The molecule has 6 nitrogen and oxygen atoms in total. The van der Waals surface area contributed by atoms with E-state index in [-0.39, 0.29) is 11.8 Å². The van der Waals surface area contributed by atoms with Gasteiger partial charge in [-0.25, -0.2) is 0 Å². The summed E-state index contributed by atoms with van der Waals surface area (Å²) in [7, 11) is 1.57. The number of nitrogens with two attached hydrogens (primary N) is 1. The average Bonchev–Trinajstić information content (AvgIpc) is 3.22. The van der Waals surface area contributed by atoms with E-state index in [0.29, 0.717) is 24.7 Å². The van der Waals surface area contributed by atoms with Gasteiger partial charge in [0.2, 0.25) is 0 Å². The van der Waals surface area contributed by atoms with Crippen LogP contribution in [0.4, 0.5) is 5.69 Å². The second-order valence-electron chi connectivity index (χ2n) is 6.04. The van der Waals surface area contributed by atoms with E-state index in [9.17, 15) is 10.1 Å². The highest BCUT2D eigenvalue weighted by molar-refractivity contribution is 5.45. The standard InChI is InChI=1S/C15H20N2O4/c1-20-13-5-4-12(17(18)19)8-11(13)9-15(16)6-7-21-14(15)10-2-3-10/h4-5,8,10,14H,2-3,6-7,9,16H2,1H3. The predicted octanol–water partition coefficient (Wildman–Crippen LogP) is 2.04. The lowest BCUT2D eigenvalue weighted by Gasteiger charge is -2.30. The first-order chi connectivity index (χ1) is 10.0. The van der Waals surface area contributed by atoms with Crippen LogP contribution >= 0.6 is 0 Å². The third-order valence-corrected chi connectivity index (χ3v) is 4.48. The van der Waals surface area contributed by atoms with Gasteiger partial charge in [0.1, 0.15) is 5.75 Å². The van der Waals surface area contributed by atoms with E-state index < -0.39 is 10.5 Å². The Morgan fingerprint density at radius 1 is 1.52 bits per heavy atom. The second kappa shape index (κ2) is 5.27. The third kappa shape index (κ3) is 2.73. The Balaban J connectivity index is 1.88. The molecule has 114 valence electrons. The highest BCUT2D eigenvalue weighted by Crippen LogP contribution is 2.44. The lowest BCUT2D eigenvalue weighted by molar-refractivity contribution is -0.384. The van der Waals surface area contributed by atoms with Gasteiger partial charge in [-0.1, -0.05) is 0 Å². The molecule has 2 fully saturated rings. The van der Waals surface area contributed by atoms with Crippen LogP contribution in [0.15, 0.2) is 18.2 Å². The van der Waals surface area contributed by atoms with Crippen LogP contribution in [-0.2, 0) is 11.2 Å². The molecule has 6 heteroatoms. The summed E-state index contributed by atoms with van der Waals surface area (Å²) >= 11 is 0. The van der Waals surface area contributed by atoms with Crippen molar-refractivity contribution in [3.8, 4) is 5.75 Å². The number of nitro groups is 1. The molecule has 0 radical (unpaired) electrons. The van der Waals surface area contributed by atoms with Crippen LogP contribution in [0, 0.1) is 16.0 Å². The van der Waals surface area contributed by atoms with Gasteiger partial charge >= 0.3 is 0 Å². The molecule has 2 aliphatic rings. The van der Waals surface area contributed by atoms with E-state index in [1.807, 2.05) is 0 Å².